The number of ether oxygens (including phenoxy) is 2. The Balaban J connectivity index is 2.36. The fourth-order valence-electron chi connectivity index (χ4n) is 3.45. The zero-order valence-electron chi connectivity index (χ0n) is 19.6. The van der Waals surface area contributed by atoms with Crippen molar-refractivity contribution in [2.45, 2.75) is 117 Å². The third-order valence-corrected chi connectivity index (χ3v) is 5.32. The molecule has 31 heavy (non-hydrogen) atoms. The van der Waals surface area contributed by atoms with Gasteiger partial charge in [-0.2, -0.15) is 0 Å². The van der Waals surface area contributed by atoms with Crippen molar-refractivity contribution in [2.24, 2.45) is 0 Å². The Morgan fingerprint density at radius 3 is 1.55 bits per heavy atom. The average molecular weight is 437 g/mol. The molecule has 0 saturated carbocycles. The minimum absolute atomic E-state index is 0.0270. The van der Waals surface area contributed by atoms with Crippen LogP contribution in [0.25, 0.3) is 0 Å². The first-order chi connectivity index (χ1) is 15.1. The molecule has 0 atom stereocenters. The molecule has 0 unspecified atom stereocenters. The Hall–Kier alpha value is -1.91. The number of carbonyl (C=O) groups excluding carboxylic acids is 2. The highest BCUT2D eigenvalue weighted by Crippen LogP contribution is 2.29. The molecule has 4 nitrogen and oxygen atoms in total. The molecule has 0 fully saturated rings. The monoisotopic (exact) mass is 436 g/mol. The van der Waals surface area contributed by atoms with Gasteiger partial charge < -0.3 is 9.47 Å². The molecule has 0 N–H and O–H groups in total. The van der Waals surface area contributed by atoms with Crippen molar-refractivity contribution in [1.29, 1.82) is 0 Å². The van der Waals surface area contributed by atoms with Gasteiger partial charge in [0.15, 0.2) is 11.5 Å². The van der Waals surface area contributed by atoms with Gasteiger partial charge in [-0.05, 0) is 25.0 Å². The molecule has 0 heterocycles. The van der Waals surface area contributed by atoms with Crippen molar-refractivity contribution in [2.75, 3.05) is 0 Å². The van der Waals surface area contributed by atoms with Crippen LogP contribution in [0.2, 0.25) is 0 Å². The van der Waals surface area contributed by atoms with Gasteiger partial charge in [0.2, 0.25) is 0 Å². The number of halogens is 1. The summed E-state index contributed by atoms with van der Waals surface area (Å²) in [7, 11) is 0. The van der Waals surface area contributed by atoms with Crippen LogP contribution in [0.15, 0.2) is 18.2 Å². The predicted octanol–water partition coefficient (Wildman–Crippen LogP) is 7.92. The summed E-state index contributed by atoms with van der Waals surface area (Å²) in [5.74, 6) is -1.28. The van der Waals surface area contributed by atoms with Crippen molar-refractivity contribution in [3.8, 4) is 11.5 Å². The summed E-state index contributed by atoms with van der Waals surface area (Å²) in [6, 6.07) is 3.64. The Kier molecular flexibility index (Phi) is 15.5. The van der Waals surface area contributed by atoms with E-state index in [2.05, 4.69) is 13.8 Å². The first-order valence-corrected chi connectivity index (χ1v) is 12.3. The second-order valence-corrected chi connectivity index (χ2v) is 8.28. The molecule has 176 valence electrons. The Labute approximate surface area is 187 Å². The first-order valence-electron chi connectivity index (χ1n) is 12.3. The summed E-state index contributed by atoms with van der Waals surface area (Å²) < 4.78 is 24.3. The van der Waals surface area contributed by atoms with E-state index in [-0.39, 0.29) is 23.9 Å². The maximum atomic E-state index is 13.6. The molecule has 0 saturated heterocycles. The highest BCUT2D eigenvalue weighted by molar-refractivity contribution is 5.76. The molecule has 0 spiro atoms. The normalized spacial score (nSPS) is 10.8. The Bertz CT molecular complexity index is 630. The summed E-state index contributed by atoms with van der Waals surface area (Å²) >= 11 is 0. The summed E-state index contributed by atoms with van der Waals surface area (Å²) in [5.41, 5.74) is 0. The number of hydrogen-bond donors (Lipinski definition) is 0. The van der Waals surface area contributed by atoms with E-state index in [4.69, 9.17) is 9.47 Å². The molecule has 0 aliphatic heterocycles. The van der Waals surface area contributed by atoms with Gasteiger partial charge in [-0.3, -0.25) is 9.59 Å². The third kappa shape index (κ3) is 13.9. The predicted molar refractivity (Wildman–Crippen MR) is 123 cm³/mol. The molecule has 0 aromatic heterocycles. The fourth-order valence-corrected chi connectivity index (χ4v) is 3.45. The van der Waals surface area contributed by atoms with Gasteiger partial charge >= 0.3 is 11.9 Å². The van der Waals surface area contributed by atoms with Crippen LogP contribution in [-0.2, 0) is 9.59 Å². The Morgan fingerprint density at radius 1 is 0.645 bits per heavy atom. The van der Waals surface area contributed by atoms with Crippen LogP contribution >= 0.6 is 0 Å². The van der Waals surface area contributed by atoms with E-state index in [0.717, 1.165) is 44.6 Å². The van der Waals surface area contributed by atoms with Crippen molar-refractivity contribution < 1.29 is 23.5 Å². The molecule has 5 heteroatoms. The van der Waals surface area contributed by atoms with Crippen LogP contribution in [0, 0.1) is 5.82 Å². The largest absolute Gasteiger partial charge is 0.423 e. The smallest absolute Gasteiger partial charge is 0.311 e. The fraction of sp³-hybridized carbons (Fsp3) is 0.692. The van der Waals surface area contributed by atoms with E-state index < -0.39 is 11.8 Å². The number of carbonyl (C=O) groups is 2. The van der Waals surface area contributed by atoms with Gasteiger partial charge in [0.05, 0.1) is 0 Å². The minimum Gasteiger partial charge on any atom is -0.423 e. The minimum atomic E-state index is -0.536. The Morgan fingerprint density at radius 2 is 1.06 bits per heavy atom. The lowest BCUT2D eigenvalue weighted by molar-refractivity contribution is -0.137. The van der Waals surface area contributed by atoms with Gasteiger partial charge in [-0.25, -0.2) is 4.39 Å². The molecule has 0 radical (unpaired) electrons. The van der Waals surface area contributed by atoms with E-state index in [1.54, 1.807) is 0 Å². The van der Waals surface area contributed by atoms with E-state index in [0.29, 0.717) is 6.42 Å². The lowest BCUT2D eigenvalue weighted by Gasteiger charge is -2.11. The van der Waals surface area contributed by atoms with Crippen LogP contribution in [0.1, 0.15) is 117 Å². The molecule has 0 aliphatic rings. The molecule has 1 aromatic carbocycles. The second-order valence-electron chi connectivity index (χ2n) is 8.28. The quantitative estimate of drug-likeness (QED) is 0.133. The highest BCUT2D eigenvalue weighted by atomic mass is 19.1. The van der Waals surface area contributed by atoms with E-state index in [9.17, 15) is 14.0 Å². The average Bonchev–Trinajstić information content (AvgIpc) is 2.74. The maximum Gasteiger partial charge on any atom is 0.311 e. The number of rotatable bonds is 18. The van der Waals surface area contributed by atoms with Crippen LogP contribution < -0.4 is 9.47 Å². The molecular formula is C26H41FO4. The molecule has 1 aromatic rings. The standard InChI is InChI=1S/C26H41FO4/c1-3-5-7-9-11-13-15-17-25(28)30-23-20-19-22(27)21-24(23)31-26(29)18-16-14-12-10-8-6-4-2/h19-21H,3-18H2,1-2H3. The van der Waals surface area contributed by atoms with Crippen molar-refractivity contribution >= 4 is 11.9 Å². The molecule has 0 aliphatic carbocycles. The van der Waals surface area contributed by atoms with Crippen molar-refractivity contribution in [3.05, 3.63) is 24.0 Å². The number of esters is 2. The molecular weight excluding hydrogens is 395 g/mol. The maximum absolute atomic E-state index is 13.6. The summed E-state index contributed by atoms with van der Waals surface area (Å²) in [4.78, 5) is 24.3. The van der Waals surface area contributed by atoms with Crippen molar-refractivity contribution in [3.63, 3.8) is 0 Å². The lowest BCUT2D eigenvalue weighted by Crippen LogP contribution is -2.12. The summed E-state index contributed by atoms with van der Waals surface area (Å²) in [6.45, 7) is 4.37. The summed E-state index contributed by atoms with van der Waals surface area (Å²) in [6.07, 6.45) is 16.1. The molecule has 0 amide bonds. The van der Waals surface area contributed by atoms with Crippen LogP contribution in [0.4, 0.5) is 4.39 Å². The van der Waals surface area contributed by atoms with E-state index in [1.165, 1.54) is 63.5 Å². The van der Waals surface area contributed by atoms with E-state index in [1.807, 2.05) is 0 Å². The molecule has 1 rings (SSSR count). The zero-order chi connectivity index (χ0) is 22.7. The topological polar surface area (TPSA) is 52.6 Å². The van der Waals surface area contributed by atoms with Crippen molar-refractivity contribution in [1.82, 2.24) is 0 Å². The van der Waals surface area contributed by atoms with Gasteiger partial charge in [0.25, 0.3) is 0 Å². The zero-order valence-corrected chi connectivity index (χ0v) is 19.6. The van der Waals surface area contributed by atoms with Crippen LogP contribution in [-0.4, -0.2) is 11.9 Å². The van der Waals surface area contributed by atoms with Gasteiger partial charge in [-0.15, -0.1) is 0 Å². The van der Waals surface area contributed by atoms with Gasteiger partial charge in [-0.1, -0.05) is 90.9 Å². The third-order valence-electron chi connectivity index (χ3n) is 5.32. The van der Waals surface area contributed by atoms with Gasteiger partial charge in [0.1, 0.15) is 5.82 Å². The summed E-state index contributed by atoms with van der Waals surface area (Å²) in [5, 5.41) is 0. The van der Waals surface area contributed by atoms with Crippen LogP contribution in [0.3, 0.4) is 0 Å². The van der Waals surface area contributed by atoms with Gasteiger partial charge in [0, 0.05) is 18.9 Å². The number of benzene rings is 1. The lowest BCUT2D eigenvalue weighted by atomic mass is 10.1. The number of unbranched alkanes of at least 4 members (excludes halogenated alkanes) is 12. The molecule has 0 bridgehead atoms. The highest BCUT2D eigenvalue weighted by Gasteiger charge is 2.15. The van der Waals surface area contributed by atoms with E-state index >= 15 is 0 Å². The first kappa shape index (κ1) is 27.1. The van der Waals surface area contributed by atoms with Crippen LogP contribution in [0.5, 0.6) is 11.5 Å². The number of hydrogen-bond acceptors (Lipinski definition) is 4. The second kappa shape index (κ2) is 17.7. The SMILES string of the molecule is CCCCCCCCCC(=O)Oc1ccc(F)cc1OC(=O)CCCCCCCCC.